The van der Waals surface area contributed by atoms with Crippen LogP contribution in [-0.4, -0.2) is 44.0 Å². The molecule has 0 spiro atoms. The second-order valence-electron chi connectivity index (χ2n) is 7.38. The molecule has 0 radical (unpaired) electrons. The monoisotopic (exact) mass is 425 g/mol. The standard InChI is InChI=1S/C25H35N3O3/c1-5-7-8-21(18(3)25(30)27-13-14-29)17-31-23-15-22(16-28-24(23)26-4)20-11-9-19(6-2)10-12-20/h5,7-12,15-16,18,24,26,28-29H,6,13-14,17H2,1-4H3,(H,27,30)/b7-5-,21-8-/t18-,24+/m0/s1. The molecule has 0 saturated heterocycles. The summed E-state index contributed by atoms with van der Waals surface area (Å²) in [6.07, 6.45) is 10.6. The zero-order chi connectivity index (χ0) is 22.6. The number of amides is 1. The van der Waals surface area contributed by atoms with Gasteiger partial charge in [-0.1, -0.05) is 49.4 Å². The van der Waals surface area contributed by atoms with E-state index in [-0.39, 0.29) is 37.7 Å². The van der Waals surface area contributed by atoms with E-state index in [1.165, 1.54) is 5.56 Å². The number of nitrogens with one attached hydrogen (secondary N) is 3. The third kappa shape index (κ3) is 7.12. The highest BCUT2D eigenvalue weighted by Crippen LogP contribution is 2.24. The first-order valence-corrected chi connectivity index (χ1v) is 10.8. The molecule has 0 saturated carbocycles. The molecule has 1 aromatic carbocycles. The van der Waals surface area contributed by atoms with Gasteiger partial charge in [0.05, 0.1) is 12.5 Å². The predicted octanol–water partition coefficient (Wildman–Crippen LogP) is 2.89. The Morgan fingerprint density at radius 1 is 1.32 bits per heavy atom. The summed E-state index contributed by atoms with van der Waals surface area (Å²) in [4.78, 5) is 12.4. The zero-order valence-electron chi connectivity index (χ0n) is 18.9. The quantitative estimate of drug-likeness (QED) is 0.410. The van der Waals surface area contributed by atoms with Crippen molar-refractivity contribution in [3.8, 4) is 0 Å². The number of likely N-dealkylation sites (N-methyl/N-ethyl adjacent to an activating group) is 1. The Kier molecular flexibility index (Phi) is 10.1. The number of carbonyl (C=O) groups excluding carboxylic acids is 1. The van der Waals surface area contributed by atoms with Crippen LogP contribution in [0.4, 0.5) is 0 Å². The van der Waals surface area contributed by atoms with E-state index in [1.807, 2.05) is 51.4 Å². The molecular formula is C25H35N3O3. The number of ether oxygens (including phenoxy) is 1. The molecule has 4 N–H and O–H groups in total. The van der Waals surface area contributed by atoms with Gasteiger partial charge in [0.1, 0.15) is 18.5 Å². The summed E-state index contributed by atoms with van der Waals surface area (Å²) in [7, 11) is 1.87. The van der Waals surface area contributed by atoms with Crippen LogP contribution >= 0.6 is 0 Å². The van der Waals surface area contributed by atoms with Crippen LogP contribution in [0, 0.1) is 5.92 Å². The molecule has 2 rings (SSSR count). The topological polar surface area (TPSA) is 82.6 Å². The maximum atomic E-state index is 12.4. The lowest BCUT2D eigenvalue weighted by Crippen LogP contribution is -2.41. The summed E-state index contributed by atoms with van der Waals surface area (Å²) in [5.41, 5.74) is 4.31. The fourth-order valence-corrected chi connectivity index (χ4v) is 3.19. The van der Waals surface area contributed by atoms with Gasteiger partial charge in [0, 0.05) is 18.3 Å². The molecular weight excluding hydrogens is 390 g/mol. The highest BCUT2D eigenvalue weighted by atomic mass is 16.5. The Morgan fingerprint density at radius 3 is 2.68 bits per heavy atom. The van der Waals surface area contributed by atoms with E-state index in [2.05, 4.69) is 47.1 Å². The van der Waals surface area contributed by atoms with Crippen LogP contribution in [0.2, 0.25) is 0 Å². The molecule has 0 fully saturated rings. The first-order chi connectivity index (χ1) is 15.0. The smallest absolute Gasteiger partial charge is 0.227 e. The number of hydrogen-bond acceptors (Lipinski definition) is 5. The SMILES string of the molecule is C/C=C\C=C(\COC1=CC(c2ccc(CC)cc2)=CN[C@H]1NC)[C@H](C)C(=O)NCCO. The maximum absolute atomic E-state index is 12.4. The number of rotatable bonds is 11. The van der Waals surface area contributed by atoms with E-state index >= 15 is 0 Å². The van der Waals surface area contributed by atoms with Gasteiger partial charge in [0.15, 0.2) is 0 Å². The van der Waals surface area contributed by atoms with Gasteiger partial charge in [-0.25, -0.2) is 0 Å². The van der Waals surface area contributed by atoms with E-state index in [0.29, 0.717) is 0 Å². The van der Waals surface area contributed by atoms with Crippen LogP contribution in [0.5, 0.6) is 0 Å². The van der Waals surface area contributed by atoms with Crippen LogP contribution in [0.15, 0.2) is 66.1 Å². The van der Waals surface area contributed by atoms with Crippen LogP contribution in [0.25, 0.3) is 5.57 Å². The maximum Gasteiger partial charge on any atom is 0.227 e. The third-order valence-electron chi connectivity index (χ3n) is 5.24. The van der Waals surface area contributed by atoms with Crippen molar-refractivity contribution in [2.45, 2.75) is 33.4 Å². The largest absolute Gasteiger partial charge is 0.490 e. The molecule has 0 bridgehead atoms. The normalized spacial score (nSPS) is 17.6. The van der Waals surface area contributed by atoms with Gasteiger partial charge >= 0.3 is 0 Å². The van der Waals surface area contributed by atoms with Gasteiger partial charge < -0.3 is 20.5 Å². The molecule has 6 nitrogen and oxygen atoms in total. The minimum absolute atomic E-state index is 0.0837. The number of carbonyl (C=O) groups is 1. The second-order valence-corrected chi connectivity index (χ2v) is 7.38. The van der Waals surface area contributed by atoms with E-state index in [1.54, 1.807) is 0 Å². The average Bonchev–Trinajstić information content (AvgIpc) is 2.82. The first kappa shape index (κ1) is 24.4. The molecule has 0 aliphatic carbocycles. The third-order valence-corrected chi connectivity index (χ3v) is 5.24. The van der Waals surface area contributed by atoms with E-state index in [9.17, 15) is 4.79 Å². The highest BCUT2D eigenvalue weighted by molar-refractivity contribution is 5.81. The van der Waals surface area contributed by atoms with Gasteiger partial charge in [-0.3, -0.25) is 10.1 Å². The molecule has 0 unspecified atom stereocenters. The fourth-order valence-electron chi connectivity index (χ4n) is 3.19. The summed E-state index contributed by atoms with van der Waals surface area (Å²) in [5, 5.41) is 18.2. The molecule has 0 aromatic heterocycles. The van der Waals surface area contributed by atoms with Crippen molar-refractivity contribution >= 4 is 11.5 Å². The van der Waals surface area contributed by atoms with Crippen LogP contribution in [0.1, 0.15) is 31.9 Å². The second kappa shape index (κ2) is 12.8. The van der Waals surface area contributed by atoms with Crippen molar-refractivity contribution in [1.82, 2.24) is 16.0 Å². The van der Waals surface area contributed by atoms with Crippen molar-refractivity contribution < 1.29 is 14.6 Å². The average molecular weight is 426 g/mol. The molecule has 1 aromatic rings. The number of dihydropyridines is 1. The fraction of sp³-hybridized carbons (Fsp3) is 0.400. The van der Waals surface area contributed by atoms with Crippen molar-refractivity contribution in [2.24, 2.45) is 5.92 Å². The van der Waals surface area contributed by atoms with Crippen molar-refractivity contribution in [1.29, 1.82) is 0 Å². The highest BCUT2D eigenvalue weighted by Gasteiger charge is 2.21. The molecule has 2 atom stereocenters. The lowest BCUT2D eigenvalue weighted by Gasteiger charge is -2.26. The zero-order valence-corrected chi connectivity index (χ0v) is 18.9. The minimum Gasteiger partial charge on any atom is -0.490 e. The van der Waals surface area contributed by atoms with Gasteiger partial charge in [-0.15, -0.1) is 0 Å². The molecule has 1 aliphatic heterocycles. The first-order valence-electron chi connectivity index (χ1n) is 10.8. The van der Waals surface area contributed by atoms with Crippen LogP contribution in [0.3, 0.4) is 0 Å². The van der Waals surface area contributed by atoms with Gasteiger partial charge in [-0.05, 0) is 50.1 Å². The number of aliphatic hydroxyl groups excluding tert-OH is 1. The lowest BCUT2D eigenvalue weighted by molar-refractivity contribution is -0.123. The summed E-state index contributed by atoms with van der Waals surface area (Å²) in [5.74, 6) is 0.254. The summed E-state index contributed by atoms with van der Waals surface area (Å²) in [6, 6.07) is 8.51. The number of hydrogen-bond donors (Lipinski definition) is 4. The van der Waals surface area contributed by atoms with E-state index < -0.39 is 0 Å². The van der Waals surface area contributed by atoms with E-state index in [4.69, 9.17) is 9.84 Å². The van der Waals surface area contributed by atoms with Crippen molar-refractivity contribution in [3.63, 3.8) is 0 Å². The van der Waals surface area contributed by atoms with Crippen molar-refractivity contribution in [3.05, 3.63) is 77.2 Å². The number of allylic oxidation sites excluding steroid dienone is 5. The van der Waals surface area contributed by atoms with Crippen LogP contribution < -0.4 is 16.0 Å². The van der Waals surface area contributed by atoms with E-state index in [0.717, 1.165) is 28.9 Å². The Balaban J connectivity index is 2.17. The number of benzene rings is 1. The summed E-state index contributed by atoms with van der Waals surface area (Å²) >= 11 is 0. The number of aryl methyl sites for hydroxylation is 1. The molecule has 6 heteroatoms. The van der Waals surface area contributed by atoms with Crippen LogP contribution in [-0.2, 0) is 16.0 Å². The van der Waals surface area contributed by atoms with Gasteiger partial charge in [0.25, 0.3) is 0 Å². The van der Waals surface area contributed by atoms with Gasteiger partial charge in [0.2, 0.25) is 5.91 Å². The number of aliphatic hydroxyl groups is 1. The lowest BCUT2D eigenvalue weighted by atomic mass is 9.99. The van der Waals surface area contributed by atoms with Crippen molar-refractivity contribution in [2.75, 3.05) is 26.8 Å². The molecule has 1 amide bonds. The molecule has 1 heterocycles. The van der Waals surface area contributed by atoms with Gasteiger partial charge in [-0.2, -0.15) is 0 Å². The summed E-state index contributed by atoms with van der Waals surface area (Å²) in [6.45, 7) is 6.35. The predicted molar refractivity (Wildman–Crippen MR) is 126 cm³/mol. The Bertz CT molecular complexity index is 838. The Labute approximate surface area is 185 Å². The molecule has 31 heavy (non-hydrogen) atoms. The molecule has 168 valence electrons. The molecule has 1 aliphatic rings. The Morgan fingerprint density at radius 2 is 2.06 bits per heavy atom. The minimum atomic E-state index is -0.371. The Hall–Kier alpha value is -2.83. The summed E-state index contributed by atoms with van der Waals surface area (Å²) < 4.78 is 6.18.